The van der Waals surface area contributed by atoms with Crippen molar-refractivity contribution in [3.63, 3.8) is 0 Å². The Morgan fingerprint density at radius 2 is 2.29 bits per heavy atom. The van der Waals surface area contributed by atoms with Gasteiger partial charge < -0.3 is 5.11 Å². The van der Waals surface area contributed by atoms with Crippen LogP contribution >= 0.6 is 0 Å². The summed E-state index contributed by atoms with van der Waals surface area (Å²) < 4.78 is 0. The number of hydrogen-bond donors (Lipinski definition) is 1. The van der Waals surface area contributed by atoms with Crippen LogP contribution in [0.3, 0.4) is 0 Å². The lowest BCUT2D eigenvalue weighted by Crippen LogP contribution is -2.35. The molecule has 1 saturated heterocycles. The van der Waals surface area contributed by atoms with Crippen molar-refractivity contribution >= 4 is 16.9 Å². The van der Waals surface area contributed by atoms with Crippen LogP contribution in [0.5, 0.6) is 0 Å². The quantitative estimate of drug-likeness (QED) is 0.938. The molecule has 0 aliphatic carbocycles. The lowest BCUT2D eigenvalue weighted by molar-refractivity contribution is -0.138. The smallest absolute Gasteiger partial charge is 0.303 e. The summed E-state index contributed by atoms with van der Waals surface area (Å²) in [6.45, 7) is 2.83. The van der Waals surface area contributed by atoms with Crippen LogP contribution in [-0.4, -0.2) is 34.0 Å². The van der Waals surface area contributed by atoms with E-state index in [1.165, 1.54) is 5.56 Å². The number of carboxylic acids is 1. The topological polar surface area (TPSA) is 53.4 Å². The Hall–Kier alpha value is -1.94. The van der Waals surface area contributed by atoms with Crippen molar-refractivity contribution in [3.05, 3.63) is 42.1 Å². The minimum atomic E-state index is -0.682. The van der Waals surface area contributed by atoms with Gasteiger partial charge in [0.1, 0.15) is 0 Å². The zero-order valence-electron chi connectivity index (χ0n) is 12.0. The highest BCUT2D eigenvalue weighted by Gasteiger charge is 2.21. The SMILES string of the molecule is O=C(O)CC1CCCN(Cc2ccc3ncccc3c2)C1. The van der Waals surface area contributed by atoms with Crippen molar-refractivity contribution in [3.8, 4) is 0 Å². The highest BCUT2D eigenvalue weighted by Crippen LogP contribution is 2.22. The number of pyridine rings is 1. The molecule has 2 aromatic rings. The molecule has 1 aromatic heterocycles. The van der Waals surface area contributed by atoms with Gasteiger partial charge in [0.25, 0.3) is 0 Å². The van der Waals surface area contributed by atoms with Crippen LogP contribution in [0.4, 0.5) is 0 Å². The van der Waals surface area contributed by atoms with Crippen molar-refractivity contribution in [2.45, 2.75) is 25.8 Å². The van der Waals surface area contributed by atoms with Crippen molar-refractivity contribution < 1.29 is 9.90 Å². The summed E-state index contributed by atoms with van der Waals surface area (Å²) in [4.78, 5) is 17.6. The molecule has 0 amide bonds. The molecule has 0 bridgehead atoms. The number of fused-ring (bicyclic) bond motifs is 1. The predicted octanol–water partition coefficient (Wildman–Crippen LogP) is 2.92. The van der Waals surface area contributed by atoms with Crippen LogP contribution in [0.1, 0.15) is 24.8 Å². The Morgan fingerprint density at radius 3 is 3.14 bits per heavy atom. The first-order valence-corrected chi connectivity index (χ1v) is 7.48. The van der Waals surface area contributed by atoms with Gasteiger partial charge in [0, 0.05) is 31.1 Å². The minimum Gasteiger partial charge on any atom is -0.481 e. The summed E-state index contributed by atoms with van der Waals surface area (Å²) in [7, 11) is 0. The zero-order valence-corrected chi connectivity index (χ0v) is 12.0. The van der Waals surface area contributed by atoms with Gasteiger partial charge in [-0.05, 0) is 49.1 Å². The fraction of sp³-hybridized carbons (Fsp3) is 0.412. The molecule has 1 fully saturated rings. The van der Waals surface area contributed by atoms with Gasteiger partial charge in [-0.2, -0.15) is 0 Å². The molecule has 0 saturated carbocycles. The van der Waals surface area contributed by atoms with E-state index in [0.717, 1.165) is 43.4 Å². The van der Waals surface area contributed by atoms with Gasteiger partial charge in [-0.25, -0.2) is 0 Å². The lowest BCUT2D eigenvalue weighted by Gasteiger charge is -2.32. The number of piperidine rings is 1. The van der Waals surface area contributed by atoms with E-state index in [1.54, 1.807) is 0 Å². The third-order valence-corrected chi connectivity index (χ3v) is 4.14. The molecule has 1 atom stereocenters. The molecule has 1 aromatic carbocycles. The van der Waals surface area contributed by atoms with Gasteiger partial charge in [0.2, 0.25) is 0 Å². The van der Waals surface area contributed by atoms with Gasteiger partial charge in [-0.15, -0.1) is 0 Å². The molecule has 4 heteroatoms. The van der Waals surface area contributed by atoms with E-state index >= 15 is 0 Å². The normalized spacial score (nSPS) is 19.7. The van der Waals surface area contributed by atoms with E-state index < -0.39 is 5.97 Å². The molecular formula is C17H20N2O2. The number of carbonyl (C=O) groups is 1. The van der Waals surface area contributed by atoms with Crippen LogP contribution < -0.4 is 0 Å². The molecule has 1 aliphatic heterocycles. The molecule has 0 radical (unpaired) electrons. The first kappa shape index (κ1) is 14.0. The summed E-state index contributed by atoms with van der Waals surface area (Å²) in [5.74, 6) is -0.392. The number of hydrogen-bond acceptors (Lipinski definition) is 3. The number of rotatable bonds is 4. The standard InChI is InChI=1S/C17H20N2O2/c20-17(21)10-13-3-2-8-19(11-13)12-14-5-6-16-15(9-14)4-1-7-18-16/h1,4-7,9,13H,2-3,8,10-12H2,(H,20,21). The van der Waals surface area contributed by atoms with Crippen LogP contribution in [-0.2, 0) is 11.3 Å². The van der Waals surface area contributed by atoms with E-state index in [2.05, 4.69) is 34.1 Å². The Bertz CT molecular complexity index is 641. The van der Waals surface area contributed by atoms with E-state index in [1.807, 2.05) is 12.3 Å². The molecule has 1 N–H and O–H groups in total. The molecule has 1 aliphatic rings. The van der Waals surface area contributed by atoms with E-state index in [0.29, 0.717) is 5.92 Å². The number of nitrogens with zero attached hydrogens (tertiary/aromatic N) is 2. The first-order valence-electron chi connectivity index (χ1n) is 7.48. The second-order valence-electron chi connectivity index (χ2n) is 5.87. The van der Waals surface area contributed by atoms with Gasteiger partial charge in [-0.3, -0.25) is 14.7 Å². The average molecular weight is 284 g/mol. The van der Waals surface area contributed by atoms with Crippen molar-refractivity contribution in [1.29, 1.82) is 0 Å². The highest BCUT2D eigenvalue weighted by atomic mass is 16.4. The van der Waals surface area contributed by atoms with Gasteiger partial charge in [0.15, 0.2) is 0 Å². The van der Waals surface area contributed by atoms with E-state index in [4.69, 9.17) is 5.11 Å². The molecule has 3 rings (SSSR count). The summed E-state index contributed by atoms with van der Waals surface area (Å²) in [5.41, 5.74) is 2.29. The Morgan fingerprint density at radius 1 is 1.38 bits per heavy atom. The van der Waals surface area contributed by atoms with Crippen LogP contribution in [0.25, 0.3) is 10.9 Å². The largest absolute Gasteiger partial charge is 0.481 e. The van der Waals surface area contributed by atoms with Crippen LogP contribution in [0.2, 0.25) is 0 Å². The monoisotopic (exact) mass is 284 g/mol. The minimum absolute atomic E-state index is 0.290. The molecule has 1 unspecified atom stereocenters. The highest BCUT2D eigenvalue weighted by molar-refractivity contribution is 5.78. The first-order chi connectivity index (χ1) is 10.2. The molecule has 21 heavy (non-hydrogen) atoms. The second-order valence-corrected chi connectivity index (χ2v) is 5.87. The number of likely N-dealkylation sites (tertiary alicyclic amines) is 1. The zero-order chi connectivity index (χ0) is 14.7. The van der Waals surface area contributed by atoms with Crippen molar-refractivity contribution in [2.75, 3.05) is 13.1 Å². The summed E-state index contributed by atoms with van der Waals surface area (Å²) in [6, 6.07) is 10.4. The van der Waals surface area contributed by atoms with Crippen molar-refractivity contribution in [2.24, 2.45) is 5.92 Å². The number of carboxylic acid groups (broad SMARTS) is 1. The van der Waals surface area contributed by atoms with E-state index in [9.17, 15) is 4.79 Å². The maximum atomic E-state index is 10.9. The fourth-order valence-corrected chi connectivity index (χ4v) is 3.19. The predicted molar refractivity (Wildman–Crippen MR) is 82.0 cm³/mol. The van der Waals surface area contributed by atoms with Crippen LogP contribution in [0, 0.1) is 5.92 Å². The summed E-state index contributed by atoms with van der Waals surface area (Å²) >= 11 is 0. The lowest BCUT2D eigenvalue weighted by atomic mass is 9.94. The van der Waals surface area contributed by atoms with Gasteiger partial charge in [0.05, 0.1) is 5.52 Å². The Balaban J connectivity index is 1.68. The fourth-order valence-electron chi connectivity index (χ4n) is 3.19. The van der Waals surface area contributed by atoms with Crippen molar-refractivity contribution in [1.82, 2.24) is 9.88 Å². The Labute approximate surface area is 124 Å². The maximum absolute atomic E-state index is 10.9. The summed E-state index contributed by atoms with van der Waals surface area (Å²) in [5, 5.41) is 10.1. The third kappa shape index (κ3) is 3.58. The number of aliphatic carboxylic acids is 1. The summed E-state index contributed by atoms with van der Waals surface area (Å²) in [6.07, 6.45) is 4.22. The average Bonchev–Trinajstić information content (AvgIpc) is 2.47. The third-order valence-electron chi connectivity index (χ3n) is 4.14. The second kappa shape index (κ2) is 6.22. The molecule has 4 nitrogen and oxygen atoms in total. The maximum Gasteiger partial charge on any atom is 0.303 e. The Kier molecular flexibility index (Phi) is 4.15. The van der Waals surface area contributed by atoms with Gasteiger partial charge in [-0.1, -0.05) is 12.1 Å². The van der Waals surface area contributed by atoms with E-state index in [-0.39, 0.29) is 6.42 Å². The number of benzene rings is 1. The molecule has 110 valence electrons. The molecule has 2 heterocycles. The van der Waals surface area contributed by atoms with Crippen LogP contribution in [0.15, 0.2) is 36.5 Å². The molecule has 0 spiro atoms. The van der Waals surface area contributed by atoms with Gasteiger partial charge >= 0.3 is 5.97 Å². The molecular weight excluding hydrogens is 264 g/mol. The number of aromatic nitrogens is 1.